The molecule has 19 heavy (non-hydrogen) atoms. The van der Waals surface area contributed by atoms with Crippen LogP contribution in [0.2, 0.25) is 0 Å². The second-order valence-corrected chi connectivity index (χ2v) is 5.09. The SMILES string of the molecule is NCCn1cnc(-c2nc(Cc3cccs3)no2)c1. The summed E-state index contributed by atoms with van der Waals surface area (Å²) < 4.78 is 7.13. The molecule has 2 N–H and O–H groups in total. The average molecular weight is 275 g/mol. The van der Waals surface area contributed by atoms with Crippen LogP contribution >= 0.6 is 11.3 Å². The second-order valence-electron chi connectivity index (χ2n) is 4.06. The van der Waals surface area contributed by atoms with Crippen LogP contribution in [0.15, 0.2) is 34.6 Å². The molecule has 3 aromatic heterocycles. The van der Waals surface area contributed by atoms with Crippen molar-refractivity contribution in [3.05, 3.63) is 40.7 Å². The quantitative estimate of drug-likeness (QED) is 0.763. The Labute approximate surface area is 113 Å². The standard InChI is InChI=1S/C12H13N5OS/c13-3-4-17-7-10(14-8-17)12-15-11(16-18-12)6-9-2-1-5-19-9/h1-2,5,7-8H,3-4,6,13H2. The Bertz CT molecular complexity index is 643. The van der Waals surface area contributed by atoms with Gasteiger partial charge in [0.15, 0.2) is 5.82 Å². The van der Waals surface area contributed by atoms with Gasteiger partial charge in [-0.15, -0.1) is 11.3 Å². The Hall–Kier alpha value is -1.99. The first-order valence-corrected chi connectivity index (χ1v) is 6.80. The van der Waals surface area contributed by atoms with Gasteiger partial charge >= 0.3 is 0 Å². The van der Waals surface area contributed by atoms with Gasteiger partial charge in [0, 0.05) is 30.6 Å². The zero-order valence-electron chi connectivity index (χ0n) is 10.2. The number of aromatic nitrogens is 4. The monoisotopic (exact) mass is 275 g/mol. The fraction of sp³-hybridized carbons (Fsp3) is 0.250. The fourth-order valence-electron chi connectivity index (χ4n) is 1.74. The summed E-state index contributed by atoms with van der Waals surface area (Å²) in [6.45, 7) is 1.30. The van der Waals surface area contributed by atoms with Crippen molar-refractivity contribution in [1.29, 1.82) is 0 Å². The summed E-state index contributed by atoms with van der Waals surface area (Å²) in [5, 5.41) is 6.00. The van der Waals surface area contributed by atoms with Crippen LogP contribution in [0.4, 0.5) is 0 Å². The number of hydrogen-bond donors (Lipinski definition) is 1. The third-order valence-corrected chi connectivity index (χ3v) is 3.50. The van der Waals surface area contributed by atoms with E-state index < -0.39 is 0 Å². The lowest BCUT2D eigenvalue weighted by atomic mass is 10.3. The molecule has 0 aliphatic heterocycles. The van der Waals surface area contributed by atoms with E-state index in [9.17, 15) is 0 Å². The van der Waals surface area contributed by atoms with E-state index in [1.807, 2.05) is 22.2 Å². The fourth-order valence-corrected chi connectivity index (χ4v) is 2.44. The zero-order valence-corrected chi connectivity index (χ0v) is 11.0. The molecule has 0 radical (unpaired) electrons. The van der Waals surface area contributed by atoms with Crippen molar-refractivity contribution < 1.29 is 4.52 Å². The van der Waals surface area contributed by atoms with Crippen molar-refractivity contribution in [3.8, 4) is 11.6 Å². The largest absolute Gasteiger partial charge is 0.335 e. The molecule has 0 aliphatic rings. The van der Waals surface area contributed by atoms with Crippen LogP contribution in [0.3, 0.4) is 0 Å². The molecule has 98 valence electrons. The van der Waals surface area contributed by atoms with Crippen LogP contribution in [-0.4, -0.2) is 26.2 Å². The highest BCUT2D eigenvalue weighted by Crippen LogP contribution is 2.17. The molecule has 6 nitrogen and oxygen atoms in total. The van der Waals surface area contributed by atoms with Crippen LogP contribution in [-0.2, 0) is 13.0 Å². The molecule has 3 rings (SSSR count). The van der Waals surface area contributed by atoms with E-state index in [1.54, 1.807) is 17.7 Å². The highest BCUT2D eigenvalue weighted by molar-refractivity contribution is 7.09. The minimum absolute atomic E-state index is 0.447. The number of nitrogens with two attached hydrogens (primary N) is 1. The van der Waals surface area contributed by atoms with E-state index in [1.165, 1.54) is 4.88 Å². The lowest BCUT2D eigenvalue weighted by Crippen LogP contribution is -2.07. The first-order chi connectivity index (χ1) is 9.35. The highest BCUT2D eigenvalue weighted by atomic mass is 32.1. The Morgan fingerprint density at radius 1 is 1.42 bits per heavy atom. The number of nitrogens with zero attached hydrogens (tertiary/aromatic N) is 4. The predicted octanol–water partition coefficient (Wildman–Crippen LogP) is 1.54. The minimum atomic E-state index is 0.447. The summed E-state index contributed by atoms with van der Waals surface area (Å²) in [5.74, 6) is 1.12. The molecule has 0 atom stereocenters. The van der Waals surface area contributed by atoms with Gasteiger partial charge in [-0.25, -0.2) is 4.98 Å². The predicted molar refractivity (Wildman–Crippen MR) is 71.7 cm³/mol. The Morgan fingerprint density at radius 2 is 2.37 bits per heavy atom. The van der Waals surface area contributed by atoms with Gasteiger partial charge in [0.05, 0.1) is 6.33 Å². The normalized spacial score (nSPS) is 11.0. The van der Waals surface area contributed by atoms with Crippen molar-refractivity contribution in [3.63, 3.8) is 0 Å². The molecule has 3 heterocycles. The van der Waals surface area contributed by atoms with Gasteiger partial charge in [0.25, 0.3) is 5.89 Å². The van der Waals surface area contributed by atoms with Gasteiger partial charge in [-0.05, 0) is 11.4 Å². The molecule has 0 fully saturated rings. The van der Waals surface area contributed by atoms with Crippen LogP contribution in [0.1, 0.15) is 10.7 Å². The summed E-state index contributed by atoms with van der Waals surface area (Å²) in [7, 11) is 0. The lowest BCUT2D eigenvalue weighted by molar-refractivity contribution is 0.423. The van der Waals surface area contributed by atoms with Crippen LogP contribution in [0.25, 0.3) is 11.6 Å². The molecule has 3 aromatic rings. The van der Waals surface area contributed by atoms with E-state index in [0.717, 1.165) is 6.54 Å². The summed E-state index contributed by atoms with van der Waals surface area (Å²) >= 11 is 1.68. The second kappa shape index (κ2) is 5.33. The average Bonchev–Trinajstić information content (AvgIpc) is 3.10. The van der Waals surface area contributed by atoms with Gasteiger partial charge in [0.1, 0.15) is 5.69 Å². The maximum Gasteiger partial charge on any atom is 0.278 e. The molecule has 0 saturated carbocycles. The van der Waals surface area contributed by atoms with Gasteiger partial charge in [-0.1, -0.05) is 11.2 Å². The Kier molecular flexibility index (Phi) is 3.39. The molecule has 0 saturated heterocycles. The molecule has 0 spiro atoms. The molecular weight excluding hydrogens is 262 g/mol. The lowest BCUT2D eigenvalue weighted by Gasteiger charge is -1.94. The van der Waals surface area contributed by atoms with Gasteiger partial charge in [-0.2, -0.15) is 4.98 Å². The first-order valence-electron chi connectivity index (χ1n) is 5.92. The van der Waals surface area contributed by atoms with Crippen LogP contribution in [0.5, 0.6) is 0 Å². The third kappa shape index (κ3) is 2.72. The van der Waals surface area contributed by atoms with Crippen molar-refractivity contribution >= 4 is 11.3 Å². The summed E-state index contributed by atoms with van der Waals surface area (Å²) in [5.41, 5.74) is 6.17. The Morgan fingerprint density at radius 3 is 3.16 bits per heavy atom. The molecule has 0 aliphatic carbocycles. The van der Waals surface area contributed by atoms with E-state index in [0.29, 0.717) is 30.4 Å². The zero-order chi connectivity index (χ0) is 13.1. The molecule has 7 heteroatoms. The molecule has 0 unspecified atom stereocenters. The van der Waals surface area contributed by atoms with Crippen molar-refractivity contribution in [2.24, 2.45) is 5.73 Å². The van der Waals surface area contributed by atoms with Crippen molar-refractivity contribution in [2.75, 3.05) is 6.54 Å². The van der Waals surface area contributed by atoms with Crippen molar-refractivity contribution in [2.45, 2.75) is 13.0 Å². The number of thiophene rings is 1. The number of imidazole rings is 1. The third-order valence-electron chi connectivity index (χ3n) is 2.62. The smallest absolute Gasteiger partial charge is 0.278 e. The van der Waals surface area contributed by atoms with Crippen molar-refractivity contribution in [1.82, 2.24) is 19.7 Å². The molecule has 0 aromatic carbocycles. The van der Waals surface area contributed by atoms with Crippen LogP contribution in [0, 0.1) is 0 Å². The molecule has 0 amide bonds. The molecule has 0 bridgehead atoms. The topological polar surface area (TPSA) is 82.8 Å². The van der Waals surface area contributed by atoms with Gasteiger partial charge in [-0.3, -0.25) is 0 Å². The van der Waals surface area contributed by atoms with Crippen LogP contribution < -0.4 is 5.73 Å². The van der Waals surface area contributed by atoms with E-state index in [4.69, 9.17) is 10.3 Å². The van der Waals surface area contributed by atoms with E-state index in [2.05, 4.69) is 21.2 Å². The summed E-state index contributed by atoms with van der Waals surface area (Å²) in [6.07, 6.45) is 4.26. The molecular formula is C12H13N5OS. The maximum absolute atomic E-state index is 5.49. The maximum atomic E-state index is 5.49. The highest BCUT2D eigenvalue weighted by Gasteiger charge is 2.12. The number of hydrogen-bond acceptors (Lipinski definition) is 6. The van der Waals surface area contributed by atoms with E-state index in [-0.39, 0.29) is 0 Å². The number of rotatable bonds is 5. The summed E-state index contributed by atoms with van der Waals surface area (Å²) in [6, 6.07) is 4.06. The first kappa shape index (κ1) is 12.1. The van der Waals surface area contributed by atoms with E-state index >= 15 is 0 Å². The van der Waals surface area contributed by atoms with Gasteiger partial charge < -0.3 is 14.8 Å². The minimum Gasteiger partial charge on any atom is -0.335 e. The Balaban J connectivity index is 1.76. The summed E-state index contributed by atoms with van der Waals surface area (Å²) in [4.78, 5) is 9.79. The van der Waals surface area contributed by atoms with Gasteiger partial charge in [0.2, 0.25) is 0 Å².